The van der Waals surface area contributed by atoms with Gasteiger partial charge in [0.15, 0.2) is 0 Å². The van der Waals surface area contributed by atoms with Crippen LogP contribution in [0.4, 0.5) is 5.95 Å². The highest BCUT2D eigenvalue weighted by Gasteiger charge is 2.19. The Morgan fingerprint density at radius 1 is 1.42 bits per heavy atom. The number of rotatable bonds is 4. The number of aromatic nitrogens is 3. The monoisotopic (exact) mass is 282 g/mol. The van der Waals surface area contributed by atoms with E-state index in [2.05, 4.69) is 31.2 Å². The minimum Gasteiger partial charge on any atom is -0.467 e. The van der Waals surface area contributed by atoms with Gasteiger partial charge in [0.05, 0.1) is 19.7 Å². The molecule has 2 rings (SSSR count). The van der Waals surface area contributed by atoms with E-state index in [-0.39, 0.29) is 17.3 Å². The number of anilines is 1. The second-order valence-corrected chi connectivity index (χ2v) is 4.61. The number of nitrogens with zero attached hydrogens (tertiary/aromatic N) is 5. The summed E-state index contributed by atoms with van der Waals surface area (Å²) in [5.74, 6) is 0.426. The second kappa shape index (κ2) is 6.50. The molecule has 0 unspecified atom stereocenters. The number of methoxy groups -OCH3 is 1. The van der Waals surface area contributed by atoms with Crippen LogP contribution >= 0.6 is 11.6 Å². The predicted molar refractivity (Wildman–Crippen MR) is 70.1 cm³/mol. The number of hydrogen-bond donors (Lipinski definition) is 1. The Labute approximate surface area is 116 Å². The second-order valence-electron chi connectivity index (χ2n) is 4.27. The zero-order valence-electron chi connectivity index (χ0n) is 10.6. The molecule has 2 heterocycles. The van der Waals surface area contributed by atoms with Gasteiger partial charge in [-0.1, -0.05) is 0 Å². The fraction of sp³-hybridized carbons (Fsp3) is 0.636. The summed E-state index contributed by atoms with van der Waals surface area (Å²) in [6, 6.07) is 2.64. The van der Waals surface area contributed by atoms with Crippen molar-refractivity contribution in [2.24, 2.45) is 0 Å². The summed E-state index contributed by atoms with van der Waals surface area (Å²) < 4.78 is 4.94. The molecule has 1 fully saturated rings. The average Bonchev–Trinajstić information content (AvgIpc) is 2.40. The van der Waals surface area contributed by atoms with Gasteiger partial charge in [-0.3, -0.25) is 4.90 Å². The molecule has 1 aliphatic rings. The molecule has 0 atom stereocenters. The predicted octanol–water partition coefficient (Wildman–Crippen LogP) is 0.933. The van der Waals surface area contributed by atoms with Gasteiger partial charge in [0.25, 0.3) is 0 Å². The third kappa shape index (κ3) is 3.91. The van der Waals surface area contributed by atoms with Gasteiger partial charge in [0, 0.05) is 19.1 Å². The molecule has 0 bridgehead atoms. The maximum absolute atomic E-state index is 8.65. The first-order chi connectivity index (χ1) is 9.21. The molecule has 1 aromatic rings. The van der Waals surface area contributed by atoms with Crippen LogP contribution < -0.4 is 10.1 Å². The van der Waals surface area contributed by atoms with Crippen LogP contribution in [0, 0.1) is 11.3 Å². The number of piperidine rings is 1. The van der Waals surface area contributed by atoms with E-state index in [1.807, 2.05) is 0 Å². The van der Waals surface area contributed by atoms with Crippen molar-refractivity contribution in [3.63, 3.8) is 0 Å². The van der Waals surface area contributed by atoms with Crippen LogP contribution in [0.25, 0.3) is 0 Å². The largest absolute Gasteiger partial charge is 0.467 e. The Morgan fingerprint density at radius 3 is 2.79 bits per heavy atom. The van der Waals surface area contributed by atoms with Crippen molar-refractivity contribution in [3.05, 3.63) is 5.28 Å². The van der Waals surface area contributed by atoms with Gasteiger partial charge in [-0.25, -0.2) is 0 Å². The molecule has 0 radical (unpaired) electrons. The Bertz CT molecular complexity index is 469. The molecule has 0 amide bonds. The molecular weight excluding hydrogens is 268 g/mol. The van der Waals surface area contributed by atoms with Crippen molar-refractivity contribution >= 4 is 17.5 Å². The van der Waals surface area contributed by atoms with Gasteiger partial charge in [-0.05, 0) is 24.4 Å². The molecule has 1 aliphatic heterocycles. The van der Waals surface area contributed by atoms with Crippen LogP contribution in [-0.4, -0.2) is 52.6 Å². The lowest BCUT2D eigenvalue weighted by Crippen LogP contribution is -2.39. The zero-order chi connectivity index (χ0) is 13.7. The van der Waals surface area contributed by atoms with E-state index in [0.29, 0.717) is 12.5 Å². The highest BCUT2D eigenvalue weighted by atomic mass is 35.5. The van der Waals surface area contributed by atoms with E-state index in [1.165, 1.54) is 7.11 Å². The number of hydrogen-bond acceptors (Lipinski definition) is 7. The zero-order valence-corrected chi connectivity index (χ0v) is 11.4. The summed E-state index contributed by atoms with van der Waals surface area (Å²) in [5, 5.41) is 12.0. The molecule has 102 valence electrons. The lowest BCUT2D eigenvalue weighted by Gasteiger charge is -2.30. The van der Waals surface area contributed by atoms with Crippen LogP contribution in [0.3, 0.4) is 0 Å². The van der Waals surface area contributed by atoms with Gasteiger partial charge >= 0.3 is 6.01 Å². The minimum atomic E-state index is 0.108. The topological polar surface area (TPSA) is 87.0 Å². The van der Waals surface area contributed by atoms with Gasteiger partial charge in [-0.15, -0.1) is 0 Å². The third-order valence-electron chi connectivity index (χ3n) is 2.99. The highest BCUT2D eigenvalue weighted by molar-refractivity contribution is 6.28. The van der Waals surface area contributed by atoms with Gasteiger partial charge in [0.1, 0.15) is 0 Å². The fourth-order valence-electron chi connectivity index (χ4n) is 2.01. The van der Waals surface area contributed by atoms with Crippen molar-refractivity contribution < 1.29 is 4.74 Å². The number of likely N-dealkylation sites (tertiary alicyclic amines) is 1. The lowest BCUT2D eigenvalue weighted by atomic mass is 10.1. The van der Waals surface area contributed by atoms with E-state index < -0.39 is 0 Å². The summed E-state index contributed by atoms with van der Waals surface area (Å²) in [6.45, 7) is 2.26. The van der Waals surface area contributed by atoms with E-state index in [9.17, 15) is 0 Å². The van der Waals surface area contributed by atoms with E-state index >= 15 is 0 Å². The smallest absolute Gasteiger partial charge is 0.322 e. The summed E-state index contributed by atoms with van der Waals surface area (Å²) >= 11 is 5.78. The quantitative estimate of drug-likeness (QED) is 0.822. The molecule has 0 aliphatic carbocycles. The summed E-state index contributed by atoms with van der Waals surface area (Å²) in [4.78, 5) is 14.1. The van der Waals surface area contributed by atoms with Crippen molar-refractivity contribution in [1.82, 2.24) is 19.9 Å². The molecule has 0 aromatic carbocycles. The van der Waals surface area contributed by atoms with Crippen molar-refractivity contribution in [1.29, 1.82) is 5.26 Å². The Hall–Kier alpha value is -1.65. The average molecular weight is 283 g/mol. The SMILES string of the molecule is COc1nc(Cl)nc(NC2CCN(CC#N)CC2)n1. The van der Waals surface area contributed by atoms with Gasteiger partial charge in [0.2, 0.25) is 11.2 Å². The summed E-state index contributed by atoms with van der Waals surface area (Å²) in [7, 11) is 1.48. The number of nitriles is 1. The Kier molecular flexibility index (Phi) is 4.71. The number of nitrogens with one attached hydrogen (secondary N) is 1. The molecule has 0 saturated carbocycles. The third-order valence-corrected chi connectivity index (χ3v) is 3.15. The van der Waals surface area contributed by atoms with Crippen LogP contribution in [0.15, 0.2) is 0 Å². The summed E-state index contributed by atoms with van der Waals surface area (Å²) in [6.07, 6.45) is 1.88. The molecular formula is C11H15ClN6O. The minimum absolute atomic E-state index is 0.108. The van der Waals surface area contributed by atoms with Crippen LogP contribution in [0.2, 0.25) is 5.28 Å². The number of ether oxygens (including phenoxy) is 1. The first-order valence-electron chi connectivity index (χ1n) is 6.02. The van der Waals surface area contributed by atoms with E-state index in [4.69, 9.17) is 21.6 Å². The van der Waals surface area contributed by atoms with Gasteiger partial charge < -0.3 is 10.1 Å². The molecule has 19 heavy (non-hydrogen) atoms. The number of halogens is 1. The maximum Gasteiger partial charge on any atom is 0.322 e. The lowest BCUT2D eigenvalue weighted by molar-refractivity contribution is 0.242. The molecule has 0 spiro atoms. The normalized spacial score (nSPS) is 16.9. The Morgan fingerprint density at radius 2 is 2.16 bits per heavy atom. The molecule has 7 nitrogen and oxygen atoms in total. The molecule has 1 aromatic heterocycles. The van der Waals surface area contributed by atoms with Crippen molar-refractivity contribution in [2.75, 3.05) is 32.1 Å². The van der Waals surface area contributed by atoms with Crippen LogP contribution in [0.5, 0.6) is 6.01 Å². The van der Waals surface area contributed by atoms with E-state index in [0.717, 1.165) is 25.9 Å². The van der Waals surface area contributed by atoms with Crippen LogP contribution in [0.1, 0.15) is 12.8 Å². The first-order valence-corrected chi connectivity index (χ1v) is 6.40. The Balaban J connectivity index is 1.92. The maximum atomic E-state index is 8.65. The highest BCUT2D eigenvalue weighted by Crippen LogP contribution is 2.16. The van der Waals surface area contributed by atoms with Gasteiger partial charge in [-0.2, -0.15) is 20.2 Å². The molecule has 8 heteroatoms. The fourth-order valence-corrected chi connectivity index (χ4v) is 2.16. The molecule has 1 N–H and O–H groups in total. The van der Waals surface area contributed by atoms with E-state index in [1.54, 1.807) is 0 Å². The van der Waals surface area contributed by atoms with Crippen molar-refractivity contribution in [3.8, 4) is 12.1 Å². The first kappa shape index (κ1) is 13.8. The van der Waals surface area contributed by atoms with Crippen LogP contribution in [-0.2, 0) is 0 Å². The molecule has 1 saturated heterocycles. The summed E-state index contributed by atoms with van der Waals surface area (Å²) in [5.41, 5.74) is 0. The standard InChI is InChI=1S/C11H15ClN6O/c1-19-11-16-9(12)15-10(17-11)14-8-2-5-18(6-3-8)7-4-13/h8H,2-3,5-7H2,1H3,(H,14,15,16,17). The van der Waals surface area contributed by atoms with Crippen molar-refractivity contribution in [2.45, 2.75) is 18.9 Å².